The van der Waals surface area contributed by atoms with Crippen molar-refractivity contribution in [3.05, 3.63) is 83.0 Å². The molecule has 0 unspecified atom stereocenters. The Morgan fingerprint density at radius 2 is 1.41 bits per heavy atom. The zero-order valence-corrected chi connectivity index (χ0v) is 15.1. The number of hydrogen-bond donors (Lipinski definition) is 0. The van der Waals surface area contributed by atoms with Crippen molar-refractivity contribution in [3.63, 3.8) is 0 Å². The molecule has 4 nitrogen and oxygen atoms in total. The third-order valence-electron chi connectivity index (χ3n) is 4.51. The van der Waals surface area contributed by atoms with Gasteiger partial charge in [-0.05, 0) is 42.0 Å². The summed E-state index contributed by atoms with van der Waals surface area (Å²) < 4.78 is 16.7. The van der Waals surface area contributed by atoms with Crippen LogP contribution < -0.4 is 14.9 Å². The molecule has 0 aliphatic rings. The summed E-state index contributed by atoms with van der Waals surface area (Å²) in [6.07, 6.45) is 0. The van der Waals surface area contributed by atoms with E-state index in [1.807, 2.05) is 54.6 Å². The number of fused-ring (bicyclic) bond motifs is 1. The summed E-state index contributed by atoms with van der Waals surface area (Å²) in [6.45, 7) is 0. The van der Waals surface area contributed by atoms with Crippen molar-refractivity contribution < 1.29 is 13.9 Å². The maximum Gasteiger partial charge on any atom is 0.201 e. The molecule has 0 bridgehead atoms. The highest BCUT2D eigenvalue weighted by molar-refractivity contribution is 5.89. The summed E-state index contributed by atoms with van der Waals surface area (Å²) in [5.74, 6) is 1.90. The van der Waals surface area contributed by atoms with Crippen molar-refractivity contribution >= 4 is 11.0 Å². The minimum Gasteiger partial charge on any atom is -0.497 e. The third kappa shape index (κ3) is 3.06. The van der Waals surface area contributed by atoms with Crippen LogP contribution in [0.2, 0.25) is 0 Å². The van der Waals surface area contributed by atoms with Crippen LogP contribution in [-0.4, -0.2) is 14.2 Å². The van der Waals surface area contributed by atoms with Gasteiger partial charge in [0.2, 0.25) is 5.43 Å². The van der Waals surface area contributed by atoms with Gasteiger partial charge in [-0.15, -0.1) is 0 Å². The summed E-state index contributed by atoms with van der Waals surface area (Å²) in [4.78, 5) is 13.3. The van der Waals surface area contributed by atoms with Gasteiger partial charge in [-0.2, -0.15) is 0 Å². The van der Waals surface area contributed by atoms with Crippen LogP contribution in [0.15, 0.2) is 82.0 Å². The van der Waals surface area contributed by atoms with E-state index >= 15 is 0 Å². The van der Waals surface area contributed by atoms with Crippen LogP contribution in [0.4, 0.5) is 0 Å². The van der Waals surface area contributed by atoms with Crippen LogP contribution >= 0.6 is 0 Å². The van der Waals surface area contributed by atoms with E-state index in [1.54, 1.807) is 32.4 Å². The molecule has 0 fully saturated rings. The molecule has 4 aromatic rings. The molecule has 0 atom stereocenters. The Bertz CT molecular complexity index is 1140. The molecule has 1 aromatic heterocycles. The van der Waals surface area contributed by atoms with E-state index in [0.717, 1.165) is 16.9 Å². The van der Waals surface area contributed by atoms with Gasteiger partial charge in [0.25, 0.3) is 0 Å². The standard InChI is InChI=1S/C23H18O4/c1-25-17-10-8-16(9-11-17)23-21(15-6-4-3-5-7-15)22(24)19-13-12-18(26-2)14-20(19)27-23/h3-14H,1-2H3. The molecule has 3 aromatic carbocycles. The first-order valence-electron chi connectivity index (χ1n) is 8.56. The fourth-order valence-electron chi connectivity index (χ4n) is 3.11. The van der Waals surface area contributed by atoms with E-state index in [-0.39, 0.29) is 5.43 Å². The Hall–Kier alpha value is -3.53. The number of ether oxygens (including phenoxy) is 2. The zero-order chi connectivity index (χ0) is 18.8. The van der Waals surface area contributed by atoms with E-state index in [2.05, 4.69) is 0 Å². The number of benzene rings is 3. The quantitative estimate of drug-likeness (QED) is 0.506. The summed E-state index contributed by atoms with van der Waals surface area (Å²) in [5.41, 5.74) is 2.57. The minimum atomic E-state index is -0.0732. The van der Waals surface area contributed by atoms with Gasteiger partial charge in [0.1, 0.15) is 22.8 Å². The maximum absolute atomic E-state index is 13.3. The molecule has 134 valence electrons. The lowest BCUT2D eigenvalue weighted by Gasteiger charge is -2.12. The molecule has 0 radical (unpaired) electrons. The molecule has 27 heavy (non-hydrogen) atoms. The third-order valence-corrected chi connectivity index (χ3v) is 4.51. The second kappa shape index (κ2) is 7.00. The van der Waals surface area contributed by atoms with Gasteiger partial charge in [0.05, 0.1) is 25.2 Å². The summed E-state index contributed by atoms with van der Waals surface area (Å²) >= 11 is 0. The van der Waals surface area contributed by atoms with Gasteiger partial charge in [-0.3, -0.25) is 4.79 Å². The van der Waals surface area contributed by atoms with E-state index in [4.69, 9.17) is 13.9 Å². The molecule has 1 heterocycles. The van der Waals surface area contributed by atoms with E-state index in [1.165, 1.54) is 0 Å². The largest absolute Gasteiger partial charge is 0.497 e. The van der Waals surface area contributed by atoms with E-state index in [9.17, 15) is 4.79 Å². The topological polar surface area (TPSA) is 48.7 Å². The van der Waals surface area contributed by atoms with Gasteiger partial charge < -0.3 is 13.9 Å². The lowest BCUT2D eigenvalue weighted by Crippen LogP contribution is -2.07. The second-order valence-corrected chi connectivity index (χ2v) is 6.09. The molecule has 4 rings (SSSR count). The predicted molar refractivity (Wildman–Crippen MR) is 106 cm³/mol. The highest BCUT2D eigenvalue weighted by Crippen LogP contribution is 2.34. The van der Waals surface area contributed by atoms with E-state index < -0.39 is 0 Å². The highest BCUT2D eigenvalue weighted by atomic mass is 16.5. The first-order chi connectivity index (χ1) is 13.2. The molecule has 0 aliphatic heterocycles. The summed E-state index contributed by atoms with van der Waals surface area (Å²) in [5, 5.41) is 0.520. The lowest BCUT2D eigenvalue weighted by molar-refractivity contribution is 0.414. The van der Waals surface area contributed by atoms with Gasteiger partial charge in [0, 0.05) is 11.6 Å². The fraction of sp³-hybridized carbons (Fsp3) is 0.0870. The molecule has 0 N–H and O–H groups in total. The number of methoxy groups -OCH3 is 2. The van der Waals surface area contributed by atoms with Crippen molar-refractivity contribution in [1.82, 2.24) is 0 Å². The average Bonchev–Trinajstić information content (AvgIpc) is 2.74. The van der Waals surface area contributed by atoms with Crippen LogP contribution in [0.3, 0.4) is 0 Å². The number of hydrogen-bond acceptors (Lipinski definition) is 4. The Labute approximate surface area is 156 Å². The molecular weight excluding hydrogens is 340 g/mol. The Kier molecular flexibility index (Phi) is 4.38. The van der Waals surface area contributed by atoms with Crippen molar-refractivity contribution in [2.24, 2.45) is 0 Å². The van der Waals surface area contributed by atoms with Crippen LogP contribution in [0.25, 0.3) is 33.4 Å². The summed E-state index contributed by atoms with van der Waals surface area (Å²) in [7, 11) is 3.20. The van der Waals surface area contributed by atoms with Crippen LogP contribution in [0.1, 0.15) is 0 Å². The highest BCUT2D eigenvalue weighted by Gasteiger charge is 2.18. The van der Waals surface area contributed by atoms with Gasteiger partial charge in [-0.1, -0.05) is 30.3 Å². The molecule has 0 saturated heterocycles. The average molecular weight is 358 g/mol. The van der Waals surface area contributed by atoms with Crippen molar-refractivity contribution in [1.29, 1.82) is 0 Å². The molecule has 0 aliphatic carbocycles. The fourth-order valence-corrected chi connectivity index (χ4v) is 3.11. The molecule has 0 spiro atoms. The molecule has 0 amide bonds. The van der Waals surface area contributed by atoms with Crippen molar-refractivity contribution in [2.75, 3.05) is 14.2 Å². The second-order valence-electron chi connectivity index (χ2n) is 6.09. The monoisotopic (exact) mass is 358 g/mol. The van der Waals surface area contributed by atoms with Gasteiger partial charge >= 0.3 is 0 Å². The van der Waals surface area contributed by atoms with Crippen molar-refractivity contribution in [2.45, 2.75) is 0 Å². The van der Waals surface area contributed by atoms with Crippen LogP contribution in [0, 0.1) is 0 Å². The first kappa shape index (κ1) is 16.9. The van der Waals surface area contributed by atoms with Crippen LogP contribution in [0.5, 0.6) is 11.5 Å². The van der Waals surface area contributed by atoms with Crippen LogP contribution in [-0.2, 0) is 0 Å². The van der Waals surface area contributed by atoms with Gasteiger partial charge in [-0.25, -0.2) is 0 Å². The Balaban J connectivity index is 2.05. The zero-order valence-electron chi connectivity index (χ0n) is 15.1. The lowest BCUT2D eigenvalue weighted by atomic mass is 9.98. The van der Waals surface area contributed by atoms with Gasteiger partial charge in [0.15, 0.2) is 0 Å². The Morgan fingerprint density at radius 3 is 2.07 bits per heavy atom. The maximum atomic E-state index is 13.3. The molecular formula is C23H18O4. The molecule has 0 saturated carbocycles. The number of rotatable bonds is 4. The van der Waals surface area contributed by atoms with E-state index in [0.29, 0.717) is 28.0 Å². The predicted octanol–water partition coefficient (Wildman–Crippen LogP) is 5.14. The molecule has 4 heteroatoms. The van der Waals surface area contributed by atoms with Crippen molar-refractivity contribution in [3.8, 4) is 33.9 Å². The SMILES string of the molecule is COc1ccc(-c2oc3cc(OC)ccc3c(=O)c2-c2ccccc2)cc1. The Morgan fingerprint density at radius 1 is 0.741 bits per heavy atom. The minimum absolute atomic E-state index is 0.0732. The summed E-state index contributed by atoms with van der Waals surface area (Å²) in [6, 6.07) is 22.3. The normalized spacial score (nSPS) is 10.7. The smallest absolute Gasteiger partial charge is 0.201 e. The first-order valence-corrected chi connectivity index (χ1v) is 8.56.